The van der Waals surface area contributed by atoms with Gasteiger partial charge in [0.05, 0.1) is 0 Å². The summed E-state index contributed by atoms with van der Waals surface area (Å²) in [5, 5.41) is 24.0. The van der Waals surface area contributed by atoms with Crippen LogP contribution in [0.15, 0.2) is 11.6 Å². The van der Waals surface area contributed by atoms with E-state index in [1.165, 1.54) is 12.0 Å². The molecule has 0 aromatic heterocycles. The van der Waals surface area contributed by atoms with Gasteiger partial charge in [0.25, 0.3) is 5.97 Å². The summed E-state index contributed by atoms with van der Waals surface area (Å²) < 4.78 is 0. The molecule has 0 aliphatic carbocycles. The van der Waals surface area contributed by atoms with Crippen LogP contribution in [0.25, 0.3) is 0 Å². The highest BCUT2D eigenvalue weighted by Crippen LogP contribution is 2.10. The van der Waals surface area contributed by atoms with E-state index in [0.29, 0.717) is 18.9 Å². The van der Waals surface area contributed by atoms with Gasteiger partial charge in [-0.15, -0.1) is 0 Å². The molecule has 0 aliphatic heterocycles. The molecule has 21 heavy (non-hydrogen) atoms. The fraction of sp³-hybridized carbons (Fsp3) is 0.750. The first-order chi connectivity index (χ1) is 9.67. The largest absolute Gasteiger partial charge is 0.481 e. The molecule has 5 heteroatoms. The third-order valence-electron chi connectivity index (χ3n) is 2.30. The Morgan fingerprint density at radius 3 is 1.81 bits per heavy atom. The Labute approximate surface area is 128 Å². The molecule has 1 atom stereocenters. The predicted octanol–water partition coefficient (Wildman–Crippen LogP) is 3.71. The lowest BCUT2D eigenvalue weighted by molar-refractivity contribution is -0.137. The first-order valence-electron chi connectivity index (χ1n) is 7.32. The Morgan fingerprint density at radius 2 is 1.57 bits per heavy atom. The van der Waals surface area contributed by atoms with Crippen LogP contribution in [-0.2, 0) is 9.59 Å². The molecule has 1 unspecified atom stereocenters. The highest BCUT2D eigenvalue weighted by molar-refractivity contribution is 5.66. The fourth-order valence-electron chi connectivity index (χ4n) is 1.24. The molecular weight excluding hydrogens is 272 g/mol. The van der Waals surface area contributed by atoms with Gasteiger partial charge < -0.3 is 15.3 Å². The Balaban J connectivity index is -0.000000272. The van der Waals surface area contributed by atoms with Crippen LogP contribution in [0, 0.1) is 5.92 Å². The molecule has 0 aliphatic rings. The summed E-state index contributed by atoms with van der Waals surface area (Å²) in [6.07, 6.45) is 6.58. The lowest BCUT2D eigenvalue weighted by Crippen LogP contribution is -1.96. The van der Waals surface area contributed by atoms with Crippen molar-refractivity contribution in [1.82, 2.24) is 0 Å². The van der Waals surface area contributed by atoms with Crippen LogP contribution in [-0.4, -0.2) is 33.9 Å². The summed E-state index contributed by atoms with van der Waals surface area (Å²) in [4.78, 5) is 18.6. The van der Waals surface area contributed by atoms with E-state index in [0.717, 1.165) is 26.2 Å². The Kier molecular flexibility index (Phi) is 21.9. The molecule has 0 saturated carbocycles. The maximum atomic E-state index is 9.60. The third-order valence-corrected chi connectivity index (χ3v) is 2.30. The quantitative estimate of drug-likeness (QED) is 0.623. The SMILES string of the molecule is CC(=O)O.CC(C)=CCCC(C)CCO.CCCC(=O)O. The second-order valence-corrected chi connectivity index (χ2v) is 5.14. The average Bonchev–Trinajstić information content (AvgIpc) is 2.28. The normalized spacial score (nSPS) is 10.2. The van der Waals surface area contributed by atoms with Gasteiger partial charge in [-0.25, -0.2) is 0 Å². The predicted molar refractivity (Wildman–Crippen MR) is 85.4 cm³/mol. The summed E-state index contributed by atoms with van der Waals surface area (Å²) in [6.45, 7) is 9.69. The molecule has 0 radical (unpaired) electrons. The molecule has 0 aromatic carbocycles. The van der Waals surface area contributed by atoms with Gasteiger partial charge in [0.15, 0.2) is 0 Å². The first-order valence-corrected chi connectivity index (χ1v) is 7.32. The molecule has 0 fully saturated rings. The van der Waals surface area contributed by atoms with Gasteiger partial charge in [0, 0.05) is 20.0 Å². The third kappa shape index (κ3) is 45.6. The Bertz CT molecular complexity index is 276. The van der Waals surface area contributed by atoms with E-state index < -0.39 is 11.9 Å². The number of allylic oxidation sites excluding steroid dienone is 2. The summed E-state index contributed by atoms with van der Waals surface area (Å²) >= 11 is 0. The number of aliphatic hydroxyl groups is 1. The van der Waals surface area contributed by atoms with Gasteiger partial charge >= 0.3 is 5.97 Å². The maximum absolute atomic E-state index is 9.60. The summed E-state index contributed by atoms with van der Waals surface area (Å²) in [5.41, 5.74) is 1.39. The van der Waals surface area contributed by atoms with Crippen molar-refractivity contribution >= 4 is 11.9 Å². The van der Waals surface area contributed by atoms with Gasteiger partial charge in [-0.2, -0.15) is 0 Å². The number of hydrogen-bond acceptors (Lipinski definition) is 3. The van der Waals surface area contributed by atoms with Crippen molar-refractivity contribution in [2.75, 3.05) is 6.61 Å². The van der Waals surface area contributed by atoms with Crippen molar-refractivity contribution in [3.8, 4) is 0 Å². The van der Waals surface area contributed by atoms with E-state index in [1.807, 2.05) is 6.92 Å². The average molecular weight is 304 g/mol. The fourth-order valence-corrected chi connectivity index (χ4v) is 1.24. The number of rotatable bonds is 7. The minimum absolute atomic E-state index is 0.292. The van der Waals surface area contributed by atoms with Crippen molar-refractivity contribution < 1.29 is 24.9 Å². The van der Waals surface area contributed by atoms with Crippen LogP contribution in [0.1, 0.15) is 66.7 Å². The smallest absolute Gasteiger partial charge is 0.303 e. The summed E-state index contributed by atoms with van der Waals surface area (Å²) in [6, 6.07) is 0. The monoisotopic (exact) mass is 304 g/mol. The standard InChI is InChI=1S/C10H20O.C4H8O2.C2H4O2/c1-9(2)5-4-6-10(3)7-8-11;1-2-3-4(5)6;1-2(3)4/h5,10-11H,4,6-8H2,1-3H3;2-3H2,1H3,(H,5,6);1H3,(H,3,4). The second-order valence-electron chi connectivity index (χ2n) is 5.14. The van der Waals surface area contributed by atoms with Crippen LogP contribution in [0.3, 0.4) is 0 Å². The number of hydrogen-bond donors (Lipinski definition) is 3. The van der Waals surface area contributed by atoms with E-state index in [-0.39, 0.29) is 0 Å². The molecule has 3 N–H and O–H groups in total. The van der Waals surface area contributed by atoms with Crippen molar-refractivity contribution in [3.05, 3.63) is 11.6 Å². The molecule has 126 valence electrons. The topological polar surface area (TPSA) is 94.8 Å². The van der Waals surface area contributed by atoms with Gasteiger partial charge in [0.2, 0.25) is 0 Å². The molecule has 0 rings (SSSR count). The van der Waals surface area contributed by atoms with E-state index in [4.69, 9.17) is 20.1 Å². The van der Waals surface area contributed by atoms with E-state index in [2.05, 4.69) is 26.8 Å². The van der Waals surface area contributed by atoms with E-state index in [9.17, 15) is 4.79 Å². The molecule has 0 amide bonds. The molecule has 0 bridgehead atoms. The molecule has 0 saturated heterocycles. The Hall–Kier alpha value is -1.36. The van der Waals surface area contributed by atoms with Crippen molar-refractivity contribution in [2.24, 2.45) is 5.92 Å². The van der Waals surface area contributed by atoms with Crippen LogP contribution in [0.5, 0.6) is 0 Å². The number of aliphatic carboxylic acids is 2. The zero-order valence-electron chi connectivity index (χ0n) is 14.1. The van der Waals surface area contributed by atoms with Crippen molar-refractivity contribution in [3.63, 3.8) is 0 Å². The zero-order valence-corrected chi connectivity index (χ0v) is 14.1. The first kappa shape index (κ1) is 24.6. The van der Waals surface area contributed by atoms with Crippen molar-refractivity contribution in [2.45, 2.75) is 66.7 Å². The van der Waals surface area contributed by atoms with Gasteiger partial charge in [-0.3, -0.25) is 9.59 Å². The van der Waals surface area contributed by atoms with Crippen LogP contribution < -0.4 is 0 Å². The minimum Gasteiger partial charge on any atom is -0.481 e. The molecule has 0 spiro atoms. The second kappa shape index (κ2) is 18.6. The summed E-state index contributed by atoms with van der Waals surface area (Å²) in [5.74, 6) is -0.881. The zero-order chi connectivity index (χ0) is 17.3. The number of carbonyl (C=O) groups is 2. The van der Waals surface area contributed by atoms with Gasteiger partial charge in [-0.05, 0) is 45.4 Å². The molecule has 0 aromatic rings. The number of carboxylic acids is 2. The van der Waals surface area contributed by atoms with Crippen LogP contribution >= 0.6 is 0 Å². The van der Waals surface area contributed by atoms with Crippen LogP contribution in [0.4, 0.5) is 0 Å². The van der Waals surface area contributed by atoms with Crippen molar-refractivity contribution in [1.29, 1.82) is 0 Å². The van der Waals surface area contributed by atoms with Gasteiger partial charge in [-0.1, -0.05) is 25.5 Å². The highest BCUT2D eigenvalue weighted by atomic mass is 16.4. The van der Waals surface area contributed by atoms with Crippen LogP contribution in [0.2, 0.25) is 0 Å². The lowest BCUT2D eigenvalue weighted by Gasteiger charge is -2.06. The molecule has 0 heterocycles. The summed E-state index contributed by atoms with van der Waals surface area (Å²) in [7, 11) is 0. The highest BCUT2D eigenvalue weighted by Gasteiger charge is 1.98. The minimum atomic E-state index is -0.833. The lowest BCUT2D eigenvalue weighted by atomic mass is 10.0. The Morgan fingerprint density at radius 1 is 1.10 bits per heavy atom. The maximum Gasteiger partial charge on any atom is 0.303 e. The van der Waals surface area contributed by atoms with Gasteiger partial charge in [0.1, 0.15) is 0 Å². The number of carboxylic acid groups (broad SMARTS) is 2. The molecule has 5 nitrogen and oxygen atoms in total. The number of aliphatic hydroxyl groups excluding tert-OH is 1. The van der Waals surface area contributed by atoms with E-state index in [1.54, 1.807) is 0 Å². The molecular formula is C16H32O5. The van der Waals surface area contributed by atoms with E-state index >= 15 is 0 Å².